The van der Waals surface area contributed by atoms with Crippen LogP contribution in [0.15, 0.2) is 0 Å². The summed E-state index contributed by atoms with van der Waals surface area (Å²) >= 11 is 0. The van der Waals surface area contributed by atoms with Crippen LogP contribution in [0.5, 0.6) is 0 Å². The average molecular weight is 219 g/mol. The van der Waals surface area contributed by atoms with E-state index in [2.05, 4.69) is 5.32 Å². The van der Waals surface area contributed by atoms with Crippen molar-refractivity contribution in [1.29, 1.82) is 0 Å². The number of rotatable bonds is 6. The standard InChI is InChI=1S/C10H21NO4/c1-12-5-7-9(14-3)10(15-4)8(11-7)6-13-2/h7-11H,5-6H2,1-4H3/t7-,8-,9+,10+/m0/s1. The molecular formula is C10H21NO4. The van der Waals surface area contributed by atoms with Gasteiger partial charge in [-0.2, -0.15) is 0 Å². The van der Waals surface area contributed by atoms with Gasteiger partial charge in [0.15, 0.2) is 0 Å². The van der Waals surface area contributed by atoms with E-state index in [4.69, 9.17) is 18.9 Å². The van der Waals surface area contributed by atoms with E-state index in [1.54, 1.807) is 28.4 Å². The van der Waals surface area contributed by atoms with Crippen LogP contribution in [0, 0.1) is 0 Å². The molecule has 5 nitrogen and oxygen atoms in total. The maximum atomic E-state index is 5.43. The number of methoxy groups -OCH3 is 4. The lowest BCUT2D eigenvalue weighted by molar-refractivity contribution is -0.0418. The van der Waals surface area contributed by atoms with Crippen molar-refractivity contribution >= 4 is 0 Å². The van der Waals surface area contributed by atoms with Crippen molar-refractivity contribution in [3.05, 3.63) is 0 Å². The monoisotopic (exact) mass is 219 g/mol. The summed E-state index contributed by atoms with van der Waals surface area (Å²) in [7, 11) is 6.74. The van der Waals surface area contributed by atoms with Crippen LogP contribution in [0.25, 0.3) is 0 Å². The van der Waals surface area contributed by atoms with E-state index in [0.29, 0.717) is 13.2 Å². The molecule has 1 fully saturated rings. The zero-order chi connectivity index (χ0) is 11.3. The van der Waals surface area contributed by atoms with Gasteiger partial charge in [-0.05, 0) is 0 Å². The number of hydrogen-bond donors (Lipinski definition) is 1. The van der Waals surface area contributed by atoms with E-state index in [0.717, 1.165) is 0 Å². The van der Waals surface area contributed by atoms with Crippen LogP contribution in [-0.4, -0.2) is 65.9 Å². The molecule has 0 aromatic carbocycles. The van der Waals surface area contributed by atoms with Gasteiger partial charge >= 0.3 is 0 Å². The highest BCUT2D eigenvalue weighted by molar-refractivity contribution is 4.99. The van der Waals surface area contributed by atoms with Crippen LogP contribution in [0.1, 0.15) is 0 Å². The van der Waals surface area contributed by atoms with Crippen LogP contribution < -0.4 is 5.32 Å². The third kappa shape index (κ3) is 2.89. The Morgan fingerprint density at radius 2 is 1.20 bits per heavy atom. The largest absolute Gasteiger partial charge is 0.383 e. The Kier molecular flexibility index (Phi) is 5.49. The molecular weight excluding hydrogens is 198 g/mol. The third-order valence-electron chi connectivity index (χ3n) is 2.78. The molecule has 90 valence electrons. The van der Waals surface area contributed by atoms with E-state index in [-0.39, 0.29) is 24.3 Å². The maximum Gasteiger partial charge on any atom is 0.102 e. The molecule has 1 heterocycles. The van der Waals surface area contributed by atoms with E-state index in [9.17, 15) is 0 Å². The second-order valence-electron chi connectivity index (χ2n) is 3.69. The molecule has 1 N–H and O–H groups in total. The molecule has 1 aliphatic heterocycles. The Bertz CT molecular complexity index is 161. The molecule has 0 bridgehead atoms. The van der Waals surface area contributed by atoms with E-state index in [1.807, 2.05) is 0 Å². The smallest absolute Gasteiger partial charge is 0.102 e. The summed E-state index contributed by atoms with van der Waals surface area (Å²) in [4.78, 5) is 0. The normalized spacial score (nSPS) is 36.0. The van der Waals surface area contributed by atoms with Crippen LogP contribution in [0.4, 0.5) is 0 Å². The Morgan fingerprint density at radius 3 is 1.47 bits per heavy atom. The van der Waals surface area contributed by atoms with Crippen LogP contribution in [0.2, 0.25) is 0 Å². The summed E-state index contributed by atoms with van der Waals surface area (Å²) in [6, 6.07) is 0.315. The van der Waals surface area contributed by atoms with E-state index < -0.39 is 0 Å². The predicted octanol–water partition coefficient (Wildman–Crippen LogP) is -0.350. The van der Waals surface area contributed by atoms with Gasteiger partial charge in [0.2, 0.25) is 0 Å². The van der Waals surface area contributed by atoms with Gasteiger partial charge in [-0.1, -0.05) is 0 Å². The van der Waals surface area contributed by atoms with Gasteiger partial charge in [-0.25, -0.2) is 0 Å². The fraction of sp³-hybridized carbons (Fsp3) is 1.00. The molecule has 0 aromatic heterocycles. The first-order valence-corrected chi connectivity index (χ1v) is 5.08. The van der Waals surface area contributed by atoms with Crippen molar-refractivity contribution in [3.63, 3.8) is 0 Å². The molecule has 15 heavy (non-hydrogen) atoms. The summed E-state index contributed by atoms with van der Waals surface area (Å²) in [6.45, 7) is 1.22. The molecule has 5 heteroatoms. The molecule has 0 spiro atoms. The van der Waals surface area contributed by atoms with Crippen molar-refractivity contribution in [3.8, 4) is 0 Å². The summed E-state index contributed by atoms with van der Waals surface area (Å²) in [5.41, 5.74) is 0. The second kappa shape index (κ2) is 6.40. The minimum absolute atomic E-state index is 0.00935. The Morgan fingerprint density at radius 1 is 0.800 bits per heavy atom. The number of nitrogens with one attached hydrogen (secondary N) is 1. The van der Waals surface area contributed by atoms with Crippen molar-refractivity contribution in [2.45, 2.75) is 24.3 Å². The summed E-state index contributed by atoms with van der Waals surface area (Å²) < 4.78 is 21.1. The van der Waals surface area contributed by atoms with Gasteiger partial charge < -0.3 is 24.3 Å². The first kappa shape index (κ1) is 12.9. The topological polar surface area (TPSA) is 49.0 Å². The summed E-state index contributed by atoms with van der Waals surface area (Å²) in [5.74, 6) is 0. The summed E-state index contributed by atoms with van der Waals surface area (Å²) in [5, 5.41) is 3.39. The lowest BCUT2D eigenvalue weighted by atomic mass is 10.1. The SMILES string of the molecule is COC[C@@H]1N[C@@H](COC)[C@@H](OC)[C@@H]1OC. The first-order valence-electron chi connectivity index (χ1n) is 5.08. The molecule has 0 radical (unpaired) electrons. The van der Waals surface area contributed by atoms with Crippen LogP contribution in [-0.2, 0) is 18.9 Å². The van der Waals surface area contributed by atoms with Gasteiger partial charge in [-0.3, -0.25) is 0 Å². The van der Waals surface area contributed by atoms with Gasteiger partial charge in [0.05, 0.1) is 25.3 Å². The quantitative estimate of drug-likeness (QED) is 0.661. The minimum atomic E-state index is 0.00935. The van der Waals surface area contributed by atoms with Gasteiger partial charge in [0.25, 0.3) is 0 Å². The van der Waals surface area contributed by atoms with Gasteiger partial charge in [0, 0.05) is 28.4 Å². The van der Waals surface area contributed by atoms with Gasteiger partial charge in [-0.15, -0.1) is 0 Å². The number of ether oxygens (including phenoxy) is 4. The maximum absolute atomic E-state index is 5.43. The Labute approximate surface area is 91.0 Å². The van der Waals surface area contributed by atoms with Crippen molar-refractivity contribution in [2.24, 2.45) is 0 Å². The van der Waals surface area contributed by atoms with Crippen LogP contribution >= 0.6 is 0 Å². The zero-order valence-corrected chi connectivity index (χ0v) is 9.86. The third-order valence-corrected chi connectivity index (χ3v) is 2.78. The van der Waals surface area contributed by atoms with Crippen LogP contribution in [0.3, 0.4) is 0 Å². The zero-order valence-electron chi connectivity index (χ0n) is 9.86. The molecule has 0 amide bonds. The lowest BCUT2D eigenvalue weighted by Crippen LogP contribution is -2.38. The Hall–Kier alpha value is -0.200. The molecule has 0 saturated carbocycles. The van der Waals surface area contributed by atoms with Crippen molar-refractivity contribution in [1.82, 2.24) is 5.32 Å². The molecule has 4 atom stereocenters. The summed E-state index contributed by atoms with van der Waals surface area (Å²) in [6.07, 6.45) is 0.0187. The number of hydrogen-bond acceptors (Lipinski definition) is 5. The van der Waals surface area contributed by atoms with Crippen molar-refractivity contribution in [2.75, 3.05) is 41.7 Å². The fourth-order valence-electron chi connectivity index (χ4n) is 2.16. The average Bonchev–Trinajstić information content (AvgIpc) is 2.56. The minimum Gasteiger partial charge on any atom is -0.383 e. The molecule has 1 aliphatic rings. The second-order valence-corrected chi connectivity index (χ2v) is 3.69. The Balaban J connectivity index is 2.62. The highest BCUT2D eigenvalue weighted by Crippen LogP contribution is 2.20. The van der Waals surface area contributed by atoms with E-state index in [1.165, 1.54) is 0 Å². The van der Waals surface area contributed by atoms with E-state index >= 15 is 0 Å². The molecule has 1 rings (SSSR count). The first-order chi connectivity index (χ1) is 7.28. The molecule has 0 aliphatic carbocycles. The predicted molar refractivity (Wildman–Crippen MR) is 56.1 cm³/mol. The fourth-order valence-corrected chi connectivity index (χ4v) is 2.16. The highest BCUT2D eigenvalue weighted by atomic mass is 16.5. The lowest BCUT2D eigenvalue weighted by Gasteiger charge is -2.22. The van der Waals surface area contributed by atoms with Crippen molar-refractivity contribution < 1.29 is 18.9 Å². The molecule has 0 unspecified atom stereocenters. The molecule has 0 aromatic rings. The van der Waals surface area contributed by atoms with Gasteiger partial charge in [0.1, 0.15) is 12.2 Å². The highest BCUT2D eigenvalue weighted by Gasteiger charge is 2.43. The molecule has 1 saturated heterocycles.